The van der Waals surface area contributed by atoms with Crippen LogP contribution in [0.3, 0.4) is 0 Å². The minimum atomic E-state index is -0.661. The van der Waals surface area contributed by atoms with Crippen LogP contribution >= 0.6 is 0 Å². The Balaban J connectivity index is 1.60. The zero-order chi connectivity index (χ0) is 11.2. The second kappa shape index (κ2) is 3.73. The van der Waals surface area contributed by atoms with Crippen LogP contribution in [0.5, 0.6) is 0 Å². The third-order valence-corrected chi connectivity index (χ3v) is 5.08. The number of nitrogens with one attached hydrogen (secondary N) is 1. The van der Waals surface area contributed by atoms with Crippen LogP contribution in [0.2, 0.25) is 0 Å². The van der Waals surface area contributed by atoms with Crippen LogP contribution in [0.15, 0.2) is 0 Å². The van der Waals surface area contributed by atoms with Crippen molar-refractivity contribution in [3.05, 3.63) is 0 Å². The van der Waals surface area contributed by atoms with E-state index in [-0.39, 0.29) is 6.04 Å². The SMILES string of the molecule is O=C(O)[C@@H]1C[C@]2(CN1)C[C@@H]2C1CCCCC1. The molecule has 0 unspecified atom stereocenters. The number of carboxylic acids is 1. The van der Waals surface area contributed by atoms with Gasteiger partial charge in [-0.2, -0.15) is 0 Å². The van der Waals surface area contributed by atoms with Gasteiger partial charge in [0, 0.05) is 6.54 Å². The molecular formula is C13H21NO2. The van der Waals surface area contributed by atoms with Crippen LogP contribution in [0.25, 0.3) is 0 Å². The molecular weight excluding hydrogens is 202 g/mol. The Hall–Kier alpha value is -0.570. The third kappa shape index (κ3) is 1.65. The molecule has 0 bridgehead atoms. The first-order chi connectivity index (χ1) is 7.71. The van der Waals surface area contributed by atoms with Crippen molar-refractivity contribution < 1.29 is 9.90 Å². The van der Waals surface area contributed by atoms with Crippen LogP contribution in [-0.4, -0.2) is 23.7 Å². The number of hydrogen-bond acceptors (Lipinski definition) is 2. The molecule has 2 aliphatic carbocycles. The van der Waals surface area contributed by atoms with E-state index >= 15 is 0 Å². The van der Waals surface area contributed by atoms with Crippen LogP contribution in [0, 0.1) is 17.3 Å². The molecule has 3 heteroatoms. The smallest absolute Gasteiger partial charge is 0.320 e. The second-order valence-corrected chi connectivity index (χ2v) is 6.05. The Labute approximate surface area is 96.6 Å². The number of aliphatic carboxylic acids is 1. The zero-order valence-electron chi connectivity index (χ0n) is 9.74. The summed E-state index contributed by atoms with van der Waals surface area (Å²) in [4.78, 5) is 10.9. The van der Waals surface area contributed by atoms with Crippen molar-refractivity contribution in [3.8, 4) is 0 Å². The van der Waals surface area contributed by atoms with E-state index < -0.39 is 5.97 Å². The zero-order valence-corrected chi connectivity index (χ0v) is 9.74. The predicted octanol–water partition coefficient (Wildman–Crippen LogP) is 2.02. The average molecular weight is 223 g/mol. The second-order valence-electron chi connectivity index (χ2n) is 6.05. The highest BCUT2D eigenvalue weighted by Gasteiger charge is 2.60. The molecule has 0 amide bonds. The summed E-state index contributed by atoms with van der Waals surface area (Å²) in [6.07, 6.45) is 9.15. The van der Waals surface area contributed by atoms with Crippen molar-refractivity contribution in [3.63, 3.8) is 0 Å². The Kier molecular flexibility index (Phi) is 2.46. The summed E-state index contributed by atoms with van der Waals surface area (Å²) < 4.78 is 0. The summed E-state index contributed by atoms with van der Waals surface area (Å²) in [6.45, 7) is 0.950. The number of hydrogen-bond donors (Lipinski definition) is 2. The molecule has 16 heavy (non-hydrogen) atoms. The summed E-state index contributed by atoms with van der Waals surface area (Å²) in [5.74, 6) is 1.08. The Morgan fingerprint density at radius 1 is 1.19 bits per heavy atom. The van der Waals surface area contributed by atoms with Gasteiger partial charge in [-0.1, -0.05) is 32.1 Å². The van der Waals surface area contributed by atoms with Crippen molar-refractivity contribution >= 4 is 5.97 Å². The number of carboxylic acid groups (broad SMARTS) is 1. The molecule has 90 valence electrons. The molecule has 0 aromatic heterocycles. The van der Waals surface area contributed by atoms with E-state index in [1.807, 2.05) is 0 Å². The van der Waals surface area contributed by atoms with E-state index in [1.165, 1.54) is 38.5 Å². The van der Waals surface area contributed by atoms with Gasteiger partial charge in [0.15, 0.2) is 0 Å². The highest BCUT2D eigenvalue weighted by Crippen LogP contribution is 2.63. The maximum Gasteiger partial charge on any atom is 0.320 e. The first-order valence-electron chi connectivity index (χ1n) is 6.67. The Morgan fingerprint density at radius 3 is 2.56 bits per heavy atom. The molecule has 2 N–H and O–H groups in total. The lowest BCUT2D eigenvalue weighted by atomic mass is 9.82. The van der Waals surface area contributed by atoms with Crippen LogP contribution in [0.1, 0.15) is 44.9 Å². The summed E-state index contributed by atoms with van der Waals surface area (Å²) in [5.41, 5.74) is 0.380. The normalized spacial score (nSPS) is 43.8. The highest BCUT2D eigenvalue weighted by molar-refractivity contribution is 5.74. The van der Waals surface area contributed by atoms with Gasteiger partial charge in [0.2, 0.25) is 0 Å². The molecule has 3 rings (SSSR count). The largest absolute Gasteiger partial charge is 0.480 e. The standard InChI is InChI=1S/C13H21NO2/c15-12(16)11-7-13(8-14-11)6-10(13)9-4-2-1-3-5-9/h9-11,14H,1-8H2,(H,15,16)/t10-,11+,13+/m1/s1. The van der Waals surface area contributed by atoms with Crippen molar-refractivity contribution in [2.24, 2.45) is 17.3 Å². The fourth-order valence-electron chi connectivity index (χ4n) is 4.07. The lowest BCUT2D eigenvalue weighted by Crippen LogP contribution is -2.29. The van der Waals surface area contributed by atoms with Crippen molar-refractivity contribution in [1.29, 1.82) is 0 Å². The molecule has 1 saturated heterocycles. The number of rotatable bonds is 2. The molecule has 3 atom stereocenters. The van der Waals surface area contributed by atoms with Gasteiger partial charge in [-0.3, -0.25) is 4.79 Å². The van der Waals surface area contributed by atoms with E-state index in [0.717, 1.165) is 24.8 Å². The topological polar surface area (TPSA) is 49.3 Å². The molecule has 0 aromatic carbocycles. The molecule has 1 spiro atoms. The van der Waals surface area contributed by atoms with Gasteiger partial charge in [-0.15, -0.1) is 0 Å². The van der Waals surface area contributed by atoms with Crippen molar-refractivity contribution in [2.75, 3.05) is 6.54 Å². The molecule has 3 nitrogen and oxygen atoms in total. The van der Waals surface area contributed by atoms with Gasteiger partial charge in [0.1, 0.15) is 6.04 Å². The van der Waals surface area contributed by atoms with Crippen LogP contribution in [-0.2, 0) is 4.79 Å². The van der Waals surface area contributed by atoms with Gasteiger partial charge in [-0.05, 0) is 30.1 Å². The minimum absolute atomic E-state index is 0.270. The fourth-order valence-corrected chi connectivity index (χ4v) is 4.07. The molecule has 2 saturated carbocycles. The minimum Gasteiger partial charge on any atom is -0.480 e. The van der Waals surface area contributed by atoms with E-state index in [1.54, 1.807) is 0 Å². The van der Waals surface area contributed by atoms with Gasteiger partial charge >= 0.3 is 5.97 Å². The maximum atomic E-state index is 10.9. The fraction of sp³-hybridized carbons (Fsp3) is 0.923. The maximum absolute atomic E-state index is 10.9. The summed E-state index contributed by atoms with van der Waals surface area (Å²) in [6, 6.07) is -0.270. The predicted molar refractivity (Wildman–Crippen MR) is 61.2 cm³/mol. The molecule has 3 fully saturated rings. The quantitative estimate of drug-likeness (QED) is 0.753. The van der Waals surface area contributed by atoms with Gasteiger partial charge in [-0.25, -0.2) is 0 Å². The van der Waals surface area contributed by atoms with Crippen LogP contribution < -0.4 is 5.32 Å². The lowest BCUT2D eigenvalue weighted by Gasteiger charge is -2.23. The van der Waals surface area contributed by atoms with Crippen molar-refractivity contribution in [1.82, 2.24) is 5.32 Å². The van der Waals surface area contributed by atoms with E-state index in [9.17, 15) is 4.79 Å². The molecule has 0 radical (unpaired) electrons. The Bertz CT molecular complexity index is 298. The Morgan fingerprint density at radius 2 is 1.94 bits per heavy atom. The van der Waals surface area contributed by atoms with E-state index in [4.69, 9.17) is 5.11 Å². The van der Waals surface area contributed by atoms with Gasteiger partial charge in [0.25, 0.3) is 0 Å². The molecule has 3 aliphatic rings. The highest BCUT2D eigenvalue weighted by atomic mass is 16.4. The monoisotopic (exact) mass is 223 g/mol. The summed E-state index contributed by atoms with van der Waals surface area (Å²) in [7, 11) is 0. The molecule has 1 aliphatic heterocycles. The summed E-state index contributed by atoms with van der Waals surface area (Å²) >= 11 is 0. The third-order valence-electron chi connectivity index (χ3n) is 5.08. The molecule has 1 heterocycles. The molecule has 0 aromatic rings. The van der Waals surface area contributed by atoms with Gasteiger partial charge in [0.05, 0.1) is 0 Å². The first kappa shape index (κ1) is 10.6. The lowest BCUT2D eigenvalue weighted by molar-refractivity contribution is -0.139. The first-order valence-corrected chi connectivity index (χ1v) is 6.67. The summed E-state index contributed by atoms with van der Waals surface area (Å²) in [5, 5.41) is 12.2. The van der Waals surface area contributed by atoms with E-state index in [0.29, 0.717) is 5.41 Å². The average Bonchev–Trinajstić information content (AvgIpc) is 2.80. The number of carbonyl (C=O) groups is 1. The van der Waals surface area contributed by atoms with Crippen molar-refractivity contribution in [2.45, 2.75) is 51.0 Å². The van der Waals surface area contributed by atoms with E-state index in [2.05, 4.69) is 5.32 Å². The van der Waals surface area contributed by atoms with Gasteiger partial charge < -0.3 is 10.4 Å². The van der Waals surface area contributed by atoms with Crippen LogP contribution in [0.4, 0.5) is 0 Å².